The predicted molar refractivity (Wildman–Crippen MR) is 69.5 cm³/mol. The Morgan fingerprint density at radius 1 is 1.06 bits per heavy atom. The van der Waals surface area contributed by atoms with Crippen LogP contribution >= 0.6 is 0 Å². The fraction of sp³-hybridized carbons (Fsp3) is 0.385. The van der Waals surface area contributed by atoms with E-state index in [2.05, 4.69) is 0 Å². The minimum Gasteiger partial charge on any atom is -0.496 e. The number of hydrogen-bond acceptors (Lipinski definition) is 4. The predicted octanol–water partition coefficient (Wildman–Crippen LogP) is 2.36. The lowest BCUT2D eigenvalue weighted by molar-refractivity contribution is -0.142. The van der Waals surface area contributed by atoms with Crippen molar-refractivity contribution in [3.63, 3.8) is 0 Å². The molecule has 1 saturated heterocycles. The van der Waals surface area contributed by atoms with E-state index in [1.807, 2.05) is 25.2 Å². The number of rotatable bonds is 4. The third-order valence-electron chi connectivity index (χ3n) is 2.23. The Bertz CT molecular complexity index is 353. The molecule has 1 heterocycles. The van der Waals surface area contributed by atoms with Crippen molar-refractivity contribution in [1.29, 1.82) is 0 Å². The van der Waals surface area contributed by atoms with Crippen LogP contribution in [-0.2, 0) is 18.9 Å². The first-order valence-corrected chi connectivity index (χ1v) is 6.11. The standard InChI is InChI=1S/C13H17BO4/c1-2-3-4-5-6-7-11-14-17-12(15)9-8-10-13(16)18-14/h3-7,11H,2,8-10H2,1H3/b4-3+,6-5+,11-7+. The van der Waals surface area contributed by atoms with Gasteiger partial charge in [0.25, 0.3) is 11.9 Å². The van der Waals surface area contributed by atoms with Gasteiger partial charge in [-0.25, -0.2) is 0 Å². The second kappa shape index (κ2) is 8.34. The number of allylic oxidation sites excluding steroid dienone is 5. The molecule has 0 N–H and O–H groups in total. The van der Waals surface area contributed by atoms with Gasteiger partial charge in [0.1, 0.15) is 0 Å². The molecule has 1 aliphatic heterocycles. The Morgan fingerprint density at radius 3 is 2.28 bits per heavy atom. The summed E-state index contributed by atoms with van der Waals surface area (Å²) in [5.41, 5.74) is 0. The van der Waals surface area contributed by atoms with Gasteiger partial charge in [0, 0.05) is 12.8 Å². The molecule has 0 aliphatic carbocycles. The van der Waals surface area contributed by atoms with E-state index in [9.17, 15) is 9.59 Å². The fourth-order valence-electron chi connectivity index (χ4n) is 1.35. The van der Waals surface area contributed by atoms with Crippen LogP contribution in [0.1, 0.15) is 32.6 Å². The zero-order valence-corrected chi connectivity index (χ0v) is 10.5. The highest BCUT2D eigenvalue weighted by atomic mass is 16.6. The first-order valence-electron chi connectivity index (χ1n) is 6.11. The number of carbonyl (C=O) groups is 2. The van der Waals surface area contributed by atoms with E-state index in [4.69, 9.17) is 9.31 Å². The smallest absolute Gasteiger partial charge is 0.496 e. The molecule has 0 bridgehead atoms. The lowest BCUT2D eigenvalue weighted by atomic mass is 9.88. The molecule has 0 amide bonds. The van der Waals surface area contributed by atoms with Gasteiger partial charge in [-0.15, -0.1) is 0 Å². The Morgan fingerprint density at radius 2 is 1.67 bits per heavy atom. The van der Waals surface area contributed by atoms with E-state index in [1.165, 1.54) is 5.98 Å². The Labute approximate surface area is 107 Å². The fourth-order valence-corrected chi connectivity index (χ4v) is 1.35. The Kier molecular flexibility index (Phi) is 6.62. The van der Waals surface area contributed by atoms with Crippen LogP contribution in [0.5, 0.6) is 0 Å². The van der Waals surface area contributed by atoms with Crippen LogP contribution in [0.3, 0.4) is 0 Å². The maximum atomic E-state index is 11.3. The summed E-state index contributed by atoms with van der Waals surface area (Å²) in [7, 11) is -0.912. The summed E-state index contributed by atoms with van der Waals surface area (Å²) >= 11 is 0. The van der Waals surface area contributed by atoms with Crippen LogP contribution in [0.25, 0.3) is 0 Å². The molecule has 0 atom stereocenters. The zero-order valence-electron chi connectivity index (χ0n) is 10.5. The zero-order chi connectivity index (χ0) is 13.2. The summed E-state index contributed by atoms with van der Waals surface area (Å²) in [5, 5.41) is 0. The van der Waals surface area contributed by atoms with Crippen LogP contribution in [-0.4, -0.2) is 19.1 Å². The first kappa shape index (κ1) is 14.3. The van der Waals surface area contributed by atoms with Crippen LogP contribution < -0.4 is 0 Å². The molecule has 18 heavy (non-hydrogen) atoms. The molecule has 1 fully saturated rings. The molecule has 0 aromatic heterocycles. The highest BCUT2D eigenvalue weighted by molar-refractivity contribution is 6.54. The van der Waals surface area contributed by atoms with Crippen molar-refractivity contribution in [2.24, 2.45) is 0 Å². The Balaban J connectivity index is 2.48. The quantitative estimate of drug-likeness (QED) is 0.566. The SMILES string of the molecule is CC/C=C/C=C/C=C/B1OC(=O)CCCC(=O)O1. The topological polar surface area (TPSA) is 52.6 Å². The average molecular weight is 248 g/mol. The minimum atomic E-state index is -0.912. The van der Waals surface area contributed by atoms with Crippen LogP contribution in [0.15, 0.2) is 36.4 Å². The van der Waals surface area contributed by atoms with Crippen molar-refractivity contribution in [3.8, 4) is 0 Å². The van der Waals surface area contributed by atoms with E-state index < -0.39 is 7.12 Å². The molecule has 0 aromatic rings. The van der Waals surface area contributed by atoms with E-state index >= 15 is 0 Å². The van der Waals surface area contributed by atoms with Gasteiger partial charge in [-0.05, 0) is 18.8 Å². The first-order chi connectivity index (χ1) is 8.72. The van der Waals surface area contributed by atoms with Crippen LogP contribution in [0.4, 0.5) is 0 Å². The molecule has 0 saturated carbocycles. The van der Waals surface area contributed by atoms with Crippen LogP contribution in [0.2, 0.25) is 0 Å². The number of carbonyl (C=O) groups excluding carboxylic acids is 2. The maximum Gasteiger partial charge on any atom is 0.628 e. The lowest BCUT2D eigenvalue weighted by Crippen LogP contribution is -2.29. The second-order valence-corrected chi connectivity index (χ2v) is 3.81. The van der Waals surface area contributed by atoms with E-state index in [1.54, 1.807) is 12.2 Å². The van der Waals surface area contributed by atoms with Gasteiger partial charge in [-0.3, -0.25) is 9.59 Å². The van der Waals surface area contributed by atoms with Gasteiger partial charge >= 0.3 is 7.12 Å². The summed E-state index contributed by atoms with van der Waals surface area (Å²) in [4.78, 5) is 22.5. The van der Waals surface area contributed by atoms with Gasteiger partial charge in [0.05, 0.1) is 0 Å². The van der Waals surface area contributed by atoms with Crippen molar-refractivity contribution in [3.05, 3.63) is 36.4 Å². The van der Waals surface area contributed by atoms with E-state index in [0.29, 0.717) is 6.42 Å². The van der Waals surface area contributed by atoms with E-state index in [0.717, 1.165) is 6.42 Å². The monoisotopic (exact) mass is 248 g/mol. The summed E-state index contributed by atoms with van der Waals surface area (Å²) < 4.78 is 9.94. The molecule has 0 aromatic carbocycles. The van der Waals surface area contributed by atoms with Gasteiger partial charge < -0.3 is 9.31 Å². The third-order valence-corrected chi connectivity index (χ3v) is 2.23. The van der Waals surface area contributed by atoms with Gasteiger partial charge in [0.15, 0.2) is 0 Å². The third kappa shape index (κ3) is 6.08. The molecular formula is C13H17BO4. The normalized spacial score (nSPS) is 18.2. The van der Waals surface area contributed by atoms with Crippen molar-refractivity contribution < 1.29 is 18.9 Å². The Hall–Kier alpha value is -1.78. The molecule has 1 aliphatic rings. The lowest BCUT2D eigenvalue weighted by Gasteiger charge is -2.14. The van der Waals surface area contributed by atoms with Crippen molar-refractivity contribution >= 4 is 19.1 Å². The second-order valence-electron chi connectivity index (χ2n) is 3.81. The molecule has 5 heteroatoms. The van der Waals surface area contributed by atoms with Gasteiger partial charge in [0.2, 0.25) is 0 Å². The summed E-state index contributed by atoms with van der Waals surface area (Å²) in [6.07, 6.45) is 11.2. The van der Waals surface area contributed by atoms with Crippen LogP contribution in [0, 0.1) is 0 Å². The van der Waals surface area contributed by atoms with Crippen molar-refractivity contribution in [2.75, 3.05) is 0 Å². The highest BCUT2D eigenvalue weighted by Crippen LogP contribution is 2.08. The molecule has 1 rings (SSSR count). The highest BCUT2D eigenvalue weighted by Gasteiger charge is 2.26. The van der Waals surface area contributed by atoms with Gasteiger partial charge in [-0.1, -0.05) is 37.3 Å². The summed E-state index contributed by atoms with van der Waals surface area (Å²) in [5.74, 6) is 0.858. The molecule has 0 unspecified atom stereocenters. The summed E-state index contributed by atoms with van der Waals surface area (Å²) in [6.45, 7) is 2.05. The minimum absolute atomic E-state index is 0.258. The molecule has 4 nitrogen and oxygen atoms in total. The van der Waals surface area contributed by atoms with Gasteiger partial charge in [-0.2, -0.15) is 0 Å². The van der Waals surface area contributed by atoms with Crippen molar-refractivity contribution in [2.45, 2.75) is 32.6 Å². The molecular weight excluding hydrogens is 231 g/mol. The molecule has 0 spiro atoms. The average Bonchev–Trinajstić information content (AvgIpc) is 2.31. The number of hydrogen-bond donors (Lipinski definition) is 0. The largest absolute Gasteiger partial charge is 0.628 e. The summed E-state index contributed by atoms with van der Waals surface area (Å²) in [6, 6.07) is 0. The van der Waals surface area contributed by atoms with E-state index in [-0.39, 0.29) is 24.8 Å². The molecule has 0 radical (unpaired) electrons. The van der Waals surface area contributed by atoms with Crippen molar-refractivity contribution in [1.82, 2.24) is 0 Å². The molecule has 96 valence electrons. The maximum absolute atomic E-state index is 11.3.